The quantitative estimate of drug-likeness (QED) is 0.227. The van der Waals surface area contributed by atoms with Gasteiger partial charge in [0.25, 0.3) is 5.91 Å². The van der Waals surface area contributed by atoms with Crippen LogP contribution in [0, 0.1) is 3.57 Å². The number of aliphatic carboxylic acids is 3. The first-order valence-corrected chi connectivity index (χ1v) is 9.46. The zero-order chi connectivity index (χ0) is 22.0. The maximum Gasteiger partial charge on any atom is 0.326 e. The molecule has 0 saturated carbocycles. The third-order valence-corrected chi connectivity index (χ3v) is 4.40. The first-order valence-electron chi connectivity index (χ1n) is 8.38. The molecule has 0 unspecified atom stereocenters. The number of halogens is 1. The van der Waals surface area contributed by atoms with E-state index in [1.165, 1.54) is 0 Å². The Hall–Kier alpha value is -2.90. The summed E-state index contributed by atoms with van der Waals surface area (Å²) < 4.78 is 0.909. The highest BCUT2D eigenvalue weighted by molar-refractivity contribution is 14.1. The van der Waals surface area contributed by atoms with Gasteiger partial charge in [-0.3, -0.25) is 9.59 Å². The molecule has 0 heterocycles. The van der Waals surface area contributed by atoms with E-state index in [0.29, 0.717) is 0 Å². The fourth-order valence-electron chi connectivity index (χ4n) is 2.16. The van der Waals surface area contributed by atoms with Gasteiger partial charge in [0, 0.05) is 22.1 Å². The highest BCUT2D eigenvalue weighted by Gasteiger charge is 2.23. The summed E-state index contributed by atoms with van der Waals surface area (Å²) in [4.78, 5) is 56.8. The van der Waals surface area contributed by atoms with Crippen molar-refractivity contribution in [3.8, 4) is 0 Å². The van der Waals surface area contributed by atoms with Crippen molar-refractivity contribution in [3.63, 3.8) is 0 Å². The van der Waals surface area contributed by atoms with Crippen LogP contribution in [0.15, 0.2) is 24.3 Å². The summed E-state index contributed by atoms with van der Waals surface area (Å²) in [5.74, 6) is -4.48. The lowest BCUT2D eigenvalue weighted by Crippen LogP contribution is -2.48. The van der Waals surface area contributed by atoms with Crippen LogP contribution in [0.2, 0.25) is 0 Å². The average molecular weight is 521 g/mol. The lowest BCUT2D eigenvalue weighted by molar-refractivity contribution is -0.141. The SMILES string of the molecule is O=C(O)CC[C@H](NC(=O)NCC[C@@H](NC(=O)c1ccc(I)cc1)C(=O)O)C(=O)O. The minimum Gasteiger partial charge on any atom is -0.481 e. The van der Waals surface area contributed by atoms with E-state index in [2.05, 4.69) is 38.5 Å². The normalized spacial score (nSPS) is 12.3. The van der Waals surface area contributed by atoms with Crippen LogP contribution < -0.4 is 16.0 Å². The second-order valence-electron chi connectivity index (χ2n) is 5.88. The average Bonchev–Trinajstić information content (AvgIpc) is 2.64. The molecule has 12 heteroatoms. The standard InChI is InChI=1S/C17H20IN3O8/c18-10-3-1-9(2-4-10)14(24)20-12(16(27)28)7-8-19-17(29)21-11(15(25)26)5-6-13(22)23/h1-4,11-12H,5-8H2,(H,20,24)(H,22,23)(H,25,26)(H,27,28)(H2,19,21,29)/t11-,12+/m0/s1. The summed E-state index contributed by atoms with van der Waals surface area (Å²) in [5.41, 5.74) is 0.282. The van der Waals surface area contributed by atoms with Gasteiger partial charge in [0.1, 0.15) is 12.1 Å². The minimum atomic E-state index is -1.40. The minimum absolute atomic E-state index is 0.147. The smallest absolute Gasteiger partial charge is 0.326 e. The Bertz CT molecular complexity index is 768. The van der Waals surface area contributed by atoms with Crippen LogP contribution in [0.1, 0.15) is 29.6 Å². The lowest BCUT2D eigenvalue weighted by atomic mass is 10.1. The fraction of sp³-hybridized carbons (Fsp3) is 0.353. The molecule has 0 spiro atoms. The maximum atomic E-state index is 12.1. The summed E-state index contributed by atoms with van der Waals surface area (Å²) in [7, 11) is 0. The molecule has 11 nitrogen and oxygen atoms in total. The first-order chi connectivity index (χ1) is 13.6. The fourth-order valence-corrected chi connectivity index (χ4v) is 2.52. The van der Waals surface area contributed by atoms with E-state index in [1.54, 1.807) is 24.3 Å². The molecule has 0 aliphatic rings. The number of hydrogen-bond donors (Lipinski definition) is 6. The van der Waals surface area contributed by atoms with Crippen molar-refractivity contribution in [1.29, 1.82) is 0 Å². The number of carboxylic acids is 3. The van der Waals surface area contributed by atoms with Gasteiger partial charge in [0.05, 0.1) is 0 Å². The van der Waals surface area contributed by atoms with Gasteiger partial charge in [-0.1, -0.05) is 0 Å². The summed E-state index contributed by atoms with van der Waals surface area (Å²) in [6.45, 7) is -0.166. The highest BCUT2D eigenvalue weighted by atomic mass is 127. The number of nitrogens with one attached hydrogen (secondary N) is 3. The van der Waals surface area contributed by atoms with E-state index >= 15 is 0 Å². The van der Waals surface area contributed by atoms with Crippen LogP contribution in [0.25, 0.3) is 0 Å². The second-order valence-corrected chi connectivity index (χ2v) is 7.13. The molecule has 0 aliphatic heterocycles. The topological polar surface area (TPSA) is 182 Å². The van der Waals surface area contributed by atoms with Crippen LogP contribution in [0.5, 0.6) is 0 Å². The van der Waals surface area contributed by atoms with Crippen molar-refractivity contribution in [2.75, 3.05) is 6.54 Å². The molecule has 29 heavy (non-hydrogen) atoms. The molecule has 1 aromatic rings. The molecule has 158 valence electrons. The van der Waals surface area contributed by atoms with E-state index in [-0.39, 0.29) is 24.9 Å². The molecule has 0 radical (unpaired) electrons. The second kappa shape index (κ2) is 11.8. The van der Waals surface area contributed by atoms with Crippen molar-refractivity contribution in [3.05, 3.63) is 33.4 Å². The first kappa shape index (κ1) is 24.1. The van der Waals surface area contributed by atoms with Gasteiger partial charge in [0.15, 0.2) is 0 Å². The summed E-state index contributed by atoms with van der Waals surface area (Å²) in [5, 5.41) is 33.5. The molecular weight excluding hydrogens is 501 g/mol. The van der Waals surface area contributed by atoms with Crippen LogP contribution in [-0.2, 0) is 14.4 Å². The van der Waals surface area contributed by atoms with Gasteiger partial charge in [-0.05, 0) is 59.7 Å². The van der Waals surface area contributed by atoms with Gasteiger partial charge >= 0.3 is 23.9 Å². The number of urea groups is 1. The molecular formula is C17H20IN3O8. The number of carbonyl (C=O) groups excluding carboxylic acids is 2. The Morgan fingerprint density at radius 2 is 1.41 bits per heavy atom. The van der Waals surface area contributed by atoms with Crippen molar-refractivity contribution < 1.29 is 39.3 Å². The lowest BCUT2D eigenvalue weighted by Gasteiger charge is -2.17. The van der Waals surface area contributed by atoms with Gasteiger partial charge in [-0.15, -0.1) is 0 Å². The van der Waals surface area contributed by atoms with E-state index in [1.807, 2.05) is 0 Å². The van der Waals surface area contributed by atoms with E-state index in [0.717, 1.165) is 3.57 Å². The van der Waals surface area contributed by atoms with Crippen molar-refractivity contribution in [1.82, 2.24) is 16.0 Å². The Balaban J connectivity index is 2.52. The molecule has 3 amide bonds. The molecule has 0 bridgehead atoms. The predicted molar refractivity (Wildman–Crippen MR) is 107 cm³/mol. The summed E-state index contributed by atoms with van der Waals surface area (Å²) >= 11 is 2.06. The largest absolute Gasteiger partial charge is 0.481 e. The number of benzene rings is 1. The molecule has 1 rings (SSSR count). The molecule has 0 aliphatic carbocycles. The number of hydrogen-bond acceptors (Lipinski definition) is 5. The third kappa shape index (κ3) is 9.23. The number of carboxylic acid groups (broad SMARTS) is 3. The van der Waals surface area contributed by atoms with Gasteiger partial charge in [0.2, 0.25) is 0 Å². The zero-order valence-electron chi connectivity index (χ0n) is 15.1. The molecule has 0 saturated heterocycles. The number of rotatable bonds is 11. The van der Waals surface area contributed by atoms with Gasteiger partial charge in [-0.2, -0.15) is 0 Å². The Kier molecular flexibility index (Phi) is 9.85. The van der Waals surface area contributed by atoms with Crippen LogP contribution in [0.3, 0.4) is 0 Å². The van der Waals surface area contributed by atoms with Crippen molar-refractivity contribution in [2.24, 2.45) is 0 Å². The van der Waals surface area contributed by atoms with Crippen LogP contribution >= 0.6 is 22.6 Å². The molecule has 1 aromatic carbocycles. The monoisotopic (exact) mass is 521 g/mol. The van der Waals surface area contributed by atoms with Gasteiger partial charge in [-0.25, -0.2) is 14.4 Å². The zero-order valence-corrected chi connectivity index (χ0v) is 17.2. The molecule has 6 N–H and O–H groups in total. The van der Waals surface area contributed by atoms with Crippen molar-refractivity contribution >= 4 is 52.4 Å². The van der Waals surface area contributed by atoms with Gasteiger partial charge < -0.3 is 31.3 Å². The third-order valence-electron chi connectivity index (χ3n) is 3.68. The Labute approximate surface area is 179 Å². The van der Waals surface area contributed by atoms with E-state index < -0.39 is 48.4 Å². The maximum absolute atomic E-state index is 12.1. The van der Waals surface area contributed by atoms with E-state index in [9.17, 15) is 29.1 Å². The molecule has 0 aromatic heterocycles. The predicted octanol–water partition coefficient (Wildman–Crippen LogP) is 0.481. The summed E-state index contributed by atoms with van der Waals surface area (Å²) in [6, 6.07) is 2.92. The Morgan fingerprint density at radius 1 is 0.862 bits per heavy atom. The summed E-state index contributed by atoms with van der Waals surface area (Å²) in [6.07, 6.45) is -0.892. The van der Waals surface area contributed by atoms with Crippen molar-refractivity contribution in [2.45, 2.75) is 31.3 Å². The van der Waals surface area contributed by atoms with Crippen LogP contribution in [0.4, 0.5) is 4.79 Å². The number of amides is 3. The molecule has 0 fully saturated rings. The number of carbonyl (C=O) groups is 5. The van der Waals surface area contributed by atoms with Crippen LogP contribution in [-0.4, -0.2) is 63.8 Å². The van der Waals surface area contributed by atoms with E-state index in [4.69, 9.17) is 10.2 Å². The highest BCUT2D eigenvalue weighted by Crippen LogP contribution is 2.07. The Morgan fingerprint density at radius 3 is 1.93 bits per heavy atom. The molecule has 2 atom stereocenters.